The molecule has 1 heterocycles. The highest BCUT2D eigenvalue weighted by atomic mass is 16.5. The highest BCUT2D eigenvalue weighted by Crippen LogP contribution is 2.38. The van der Waals surface area contributed by atoms with Gasteiger partial charge in [0.25, 0.3) is 5.91 Å². The van der Waals surface area contributed by atoms with Crippen molar-refractivity contribution in [2.24, 2.45) is 0 Å². The van der Waals surface area contributed by atoms with Crippen LogP contribution >= 0.6 is 0 Å². The summed E-state index contributed by atoms with van der Waals surface area (Å²) in [6.07, 6.45) is 0. The largest absolute Gasteiger partial charge is 0.503 e. The summed E-state index contributed by atoms with van der Waals surface area (Å²) in [7, 11) is 1.54. The second-order valence-corrected chi connectivity index (χ2v) is 5.47. The lowest BCUT2D eigenvalue weighted by Crippen LogP contribution is -2.37. The van der Waals surface area contributed by atoms with Gasteiger partial charge in [0.1, 0.15) is 5.75 Å². The minimum atomic E-state index is -0.652. The normalized spacial score (nSPS) is 17.5. The molecule has 130 valence electrons. The number of carbonyl (C=O) groups excluding carboxylic acids is 2. The third kappa shape index (κ3) is 3.58. The van der Waals surface area contributed by atoms with E-state index < -0.39 is 17.7 Å². The van der Waals surface area contributed by atoms with Crippen molar-refractivity contribution in [3.8, 4) is 5.75 Å². The number of rotatable bonds is 8. The predicted molar refractivity (Wildman–Crippen MR) is 87.7 cm³/mol. The number of ketones is 1. The Labute approximate surface area is 140 Å². The van der Waals surface area contributed by atoms with Gasteiger partial charge in [-0.25, -0.2) is 0 Å². The average molecular weight is 334 g/mol. The molecule has 1 aliphatic rings. The second kappa shape index (κ2) is 7.94. The molecule has 1 amide bonds. The Kier molecular flexibility index (Phi) is 5.94. The number of nitrogens with one attached hydrogen (secondary N) is 1. The van der Waals surface area contributed by atoms with Crippen LogP contribution < -0.4 is 10.1 Å². The van der Waals surface area contributed by atoms with Gasteiger partial charge in [0.05, 0.1) is 25.3 Å². The number of hydrogen-bond donors (Lipinski definition) is 3. The minimum absolute atomic E-state index is 0.00451. The van der Waals surface area contributed by atoms with Crippen molar-refractivity contribution in [2.75, 3.05) is 33.4 Å². The number of nitrogens with zero attached hydrogens (tertiary/aromatic N) is 1. The number of ether oxygens (including phenoxy) is 1. The van der Waals surface area contributed by atoms with Crippen molar-refractivity contribution >= 4 is 11.7 Å². The van der Waals surface area contributed by atoms with Gasteiger partial charge in [0, 0.05) is 19.6 Å². The van der Waals surface area contributed by atoms with Gasteiger partial charge in [0.15, 0.2) is 11.5 Å². The molecule has 1 atom stereocenters. The Balaban J connectivity index is 2.35. The average Bonchev–Trinajstić information content (AvgIpc) is 2.83. The van der Waals surface area contributed by atoms with Gasteiger partial charge in [-0.3, -0.25) is 9.59 Å². The van der Waals surface area contributed by atoms with Gasteiger partial charge in [0.2, 0.25) is 0 Å². The van der Waals surface area contributed by atoms with E-state index in [1.807, 2.05) is 0 Å². The van der Waals surface area contributed by atoms with E-state index in [0.29, 0.717) is 30.9 Å². The van der Waals surface area contributed by atoms with E-state index in [9.17, 15) is 14.7 Å². The number of aliphatic hydroxyl groups excluding tert-OH is 2. The molecule has 0 unspecified atom stereocenters. The first-order valence-corrected chi connectivity index (χ1v) is 7.71. The fourth-order valence-corrected chi connectivity index (χ4v) is 2.81. The minimum Gasteiger partial charge on any atom is -0.503 e. The molecule has 2 rings (SSSR count). The number of hydrogen-bond acceptors (Lipinski definition) is 6. The maximum atomic E-state index is 12.4. The fourth-order valence-electron chi connectivity index (χ4n) is 2.81. The fraction of sp³-hybridized carbons (Fsp3) is 0.412. The molecular weight excluding hydrogens is 312 g/mol. The van der Waals surface area contributed by atoms with Crippen molar-refractivity contribution in [3.63, 3.8) is 0 Å². The molecule has 1 aliphatic heterocycles. The summed E-state index contributed by atoms with van der Waals surface area (Å²) in [5, 5.41) is 21.9. The topological polar surface area (TPSA) is 99.1 Å². The molecule has 7 nitrogen and oxygen atoms in total. The Morgan fingerprint density at radius 2 is 2.12 bits per heavy atom. The number of carbonyl (C=O) groups is 2. The zero-order valence-electron chi connectivity index (χ0n) is 13.8. The quantitative estimate of drug-likeness (QED) is 0.601. The third-order valence-electron chi connectivity index (χ3n) is 3.91. The lowest BCUT2D eigenvalue weighted by atomic mass is 9.96. The van der Waals surface area contributed by atoms with E-state index in [-0.39, 0.29) is 18.0 Å². The van der Waals surface area contributed by atoms with Gasteiger partial charge in [-0.1, -0.05) is 12.1 Å². The molecular formula is C17H22N2O5. The molecule has 0 saturated carbocycles. The Morgan fingerprint density at radius 1 is 1.38 bits per heavy atom. The van der Waals surface area contributed by atoms with Crippen LogP contribution in [0.5, 0.6) is 5.75 Å². The third-order valence-corrected chi connectivity index (χ3v) is 3.91. The summed E-state index contributed by atoms with van der Waals surface area (Å²) in [5.74, 6) is -0.816. The molecule has 0 aromatic heterocycles. The number of benzene rings is 1. The first-order chi connectivity index (χ1) is 11.5. The van der Waals surface area contributed by atoms with Crippen LogP contribution in [0.2, 0.25) is 0 Å². The lowest BCUT2D eigenvalue weighted by molar-refractivity contribution is -0.129. The Morgan fingerprint density at radius 3 is 2.75 bits per heavy atom. The zero-order chi connectivity index (χ0) is 17.7. The smallest absolute Gasteiger partial charge is 0.290 e. The highest BCUT2D eigenvalue weighted by molar-refractivity contribution is 6.08. The second-order valence-electron chi connectivity index (χ2n) is 5.47. The molecule has 0 saturated heterocycles. The van der Waals surface area contributed by atoms with Gasteiger partial charge in [-0.15, -0.1) is 0 Å². The maximum Gasteiger partial charge on any atom is 0.290 e. The standard InChI is InChI=1S/C17H22N2O5/c1-11(21)14-15(12-4-3-5-13(10-12)24-2)19(17(23)16(14)22)8-6-18-7-9-20/h3-5,10,15,18,20,22H,6-9H2,1-2H3/t15-/m0/s1. The molecule has 1 aromatic rings. The Hall–Kier alpha value is -2.38. The van der Waals surface area contributed by atoms with Crippen LogP contribution in [0.1, 0.15) is 18.5 Å². The maximum absolute atomic E-state index is 12.4. The van der Waals surface area contributed by atoms with Crippen LogP contribution in [0.25, 0.3) is 0 Å². The van der Waals surface area contributed by atoms with Crippen molar-refractivity contribution in [2.45, 2.75) is 13.0 Å². The van der Waals surface area contributed by atoms with Crippen molar-refractivity contribution in [1.29, 1.82) is 0 Å². The summed E-state index contributed by atoms with van der Waals surface area (Å²) in [4.78, 5) is 25.8. The summed E-state index contributed by atoms with van der Waals surface area (Å²) in [5.41, 5.74) is 0.787. The molecule has 7 heteroatoms. The number of Topliss-reactive ketones (excluding diaryl/α,β-unsaturated/α-hetero) is 1. The first kappa shape index (κ1) is 18.0. The van der Waals surface area contributed by atoms with E-state index in [1.54, 1.807) is 24.3 Å². The van der Waals surface area contributed by atoms with Crippen LogP contribution in [-0.4, -0.2) is 60.2 Å². The van der Waals surface area contributed by atoms with E-state index in [0.717, 1.165) is 0 Å². The Bertz CT molecular complexity index is 656. The number of amides is 1. The molecule has 0 spiro atoms. The molecule has 0 fully saturated rings. The molecule has 24 heavy (non-hydrogen) atoms. The summed E-state index contributed by atoms with van der Waals surface area (Å²) in [6.45, 7) is 2.46. The van der Waals surface area contributed by atoms with Crippen LogP contribution in [0.4, 0.5) is 0 Å². The van der Waals surface area contributed by atoms with Gasteiger partial charge in [-0.05, 0) is 24.6 Å². The summed E-state index contributed by atoms with van der Waals surface area (Å²) >= 11 is 0. The van der Waals surface area contributed by atoms with E-state index in [2.05, 4.69) is 5.32 Å². The van der Waals surface area contributed by atoms with E-state index in [1.165, 1.54) is 18.9 Å². The lowest BCUT2D eigenvalue weighted by Gasteiger charge is -2.27. The SMILES string of the molecule is COc1cccc([C@H]2C(C(C)=O)=C(O)C(=O)N2CCNCCO)c1. The van der Waals surface area contributed by atoms with Crippen LogP contribution in [0.15, 0.2) is 35.6 Å². The van der Waals surface area contributed by atoms with Crippen molar-refractivity contribution in [1.82, 2.24) is 10.2 Å². The van der Waals surface area contributed by atoms with Crippen LogP contribution in [0.3, 0.4) is 0 Å². The van der Waals surface area contributed by atoms with E-state index >= 15 is 0 Å². The van der Waals surface area contributed by atoms with Crippen molar-refractivity contribution < 1.29 is 24.5 Å². The molecule has 0 radical (unpaired) electrons. The number of methoxy groups -OCH3 is 1. The van der Waals surface area contributed by atoms with Crippen molar-refractivity contribution in [3.05, 3.63) is 41.2 Å². The monoisotopic (exact) mass is 334 g/mol. The first-order valence-electron chi connectivity index (χ1n) is 7.71. The molecule has 3 N–H and O–H groups in total. The molecule has 0 aliphatic carbocycles. The van der Waals surface area contributed by atoms with Crippen LogP contribution in [-0.2, 0) is 9.59 Å². The van der Waals surface area contributed by atoms with Crippen LogP contribution in [0, 0.1) is 0 Å². The van der Waals surface area contributed by atoms with Gasteiger partial charge >= 0.3 is 0 Å². The number of aliphatic hydroxyl groups is 2. The predicted octanol–water partition coefficient (Wildman–Crippen LogP) is 0.561. The zero-order valence-corrected chi connectivity index (χ0v) is 13.8. The molecule has 1 aromatic carbocycles. The summed E-state index contributed by atoms with van der Waals surface area (Å²) < 4.78 is 5.21. The highest BCUT2D eigenvalue weighted by Gasteiger charge is 2.42. The van der Waals surface area contributed by atoms with Gasteiger partial charge in [-0.2, -0.15) is 0 Å². The van der Waals surface area contributed by atoms with Gasteiger partial charge < -0.3 is 25.2 Å². The summed E-state index contributed by atoms with van der Waals surface area (Å²) in [6, 6.07) is 6.42. The molecule has 0 bridgehead atoms. The van der Waals surface area contributed by atoms with E-state index in [4.69, 9.17) is 9.84 Å².